The Balaban J connectivity index is 1.93. The lowest BCUT2D eigenvalue weighted by Crippen LogP contribution is -2.33. The van der Waals surface area contributed by atoms with E-state index in [4.69, 9.17) is 9.47 Å². The highest BCUT2D eigenvalue weighted by Crippen LogP contribution is 2.27. The number of methoxy groups -OCH3 is 1. The summed E-state index contributed by atoms with van der Waals surface area (Å²) in [7, 11) is 1.57. The van der Waals surface area contributed by atoms with Crippen molar-refractivity contribution >= 4 is 5.91 Å². The number of aliphatic hydroxyl groups is 1. The van der Waals surface area contributed by atoms with E-state index in [-0.39, 0.29) is 12.5 Å². The Labute approximate surface area is 112 Å². The first-order valence-corrected chi connectivity index (χ1v) is 6.33. The van der Waals surface area contributed by atoms with Crippen molar-refractivity contribution in [2.45, 2.75) is 19.4 Å². The predicted octanol–water partition coefficient (Wildman–Crippen LogP) is 0.976. The van der Waals surface area contributed by atoms with Crippen LogP contribution in [0.5, 0.6) is 11.5 Å². The topological polar surface area (TPSA) is 59.0 Å². The quantitative estimate of drug-likeness (QED) is 0.881. The minimum atomic E-state index is -0.405. The normalized spacial score (nSPS) is 18.5. The lowest BCUT2D eigenvalue weighted by molar-refractivity contribution is -0.132. The van der Waals surface area contributed by atoms with Crippen LogP contribution in [0, 0.1) is 6.92 Å². The molecule has 1 aliphatic heterocycles. The van der Waals surface area contributed by atoms with E-state index < -0.39 is 6.10 Å². The second-order valence-corrected chi connectivity index (χ2v) is 4.73. The summed E-state index contributed by atoms with van der Waals surface area (Å²) >= 11 is 0. The minimum Gasteiger partial charge on any atom is -0.493 e. The largest absolute Gasteiger partial charge is 0.493 e. The van der Waals surface area contributed by atoms with Gasteiger partial charge < -0.3 is 19.5 Å². The second kappa shape index (κ2) is 5.93. The van der Waals surface area contributed by atoms with Crippen LogP contribution in [0.2, 0.25) is 0 Å². The van der Waals surface area contributed by atoms with Crippen molar-refractivity contribution in [1.29, 1.82) is 0 Å². The standard InChI is InChI=1S/C14H19NO4/c1-10-3-4-12(13(7-10)18-2)19-9-14(17)15-6-5-11(16)8-15/h3-4,7,11,16H,5-6,8-9H2,1-2H3/t11-/m0/s1. The molecule has 5 nitrogen and oxygen atoms in total. The number of aryl methyl sites for hydroxylation is 1. The van der Waals surface area contributed by atoms with Crippen LogP contribution in [0.1, 0.15) is 12.0 Å². The lowest BCUT2D eigenvalue weighted by atomic mass is 10.2. The van der Waals surface area contributed by atoms with Crippen molar-refractivity contribution < 1.29 is 19.4 Å². The van der Waals surface area contributed by atoms with Crippen LogP contribution in [-0.2, 0) is 4.79 Å². The molecule has 5 heteroatoms. The fourth-order valence-electron chi connectivity index (χ4n) is 2.09. The third-order valence-electron chi connectivity index (χ3n) is 3.19. The van der Waals surface area contributed by atoms with Crippen LogP contribution in [-0.4, -0.2) is 48.8 Å². The molecule has 0 radical (unpaired) electrons. The van der Waals surface area contributed by atoms with Gasteiger partial charge in [0, 0.05) is 13.1 Å². The monoisotopic (exact) mass is 265 g/mol. The van der Waals surface area contributed by atoms with Gasteiger partial charge in [-0.2, -0.15) is 0 Å². The Bertz CT molecular complexity index is 461. The van der Waals surface area contributed by atoms with Gasteiger partial charge in [0.1, 0.15) is 0 Å². The average molecular weight is 265 g/mol. The van der Waals surface area contributed by atoms with Crippen molar-refractivity contribution in [3.8, 4) is 11.5 Å². The fraction of sp³-hybridized carbons (Fsp3) is 0.500. The van der Waals surface area contributed by atoms with E-state index in [1.165, 1.54) is 0 Å². The Hall–Kier alpha value is -1.75. The number of amides is 1. The number of carbonyl (C=O) groups is 1. The van der Waals surface area contributed by atoms with Crippen LogP contribution >= 0.6 is 0 Å². The first-order chi connectivity index (χ1) is 9.10. The summed E-state index contributed by atoms with van der Waals surface area (Å²) in [5.74, 6) is 1.06. The summed E-state index contributed by atoms with van der Waals surface area (Å²) in [5, 5.41) is 9.39. The van der Waals surface area contributed by atoms with Crippen molar-refractivity contribution in [3.63, 3.8) is 0 Å². The Morgan fingerprint density at radius 3 is 2.89 bits per heavy atom. The molecule has 1 fully saturated rings. The van der Waals surface area contributed by atoms with Crippen LogP contribution in [0.15, 0.2) is 18.2 Å². The molecule has 1 aromatic carbocycles. The molecule has 0 spiro atoms. The number of rotatable bonds is 4. The zero-order valence-electron chi connectivity index (χ0n) is 11.3. The lowest BCUT2D eigenvalue weighted by Gasteiger charge is -2.16. The smallest absolute Gasteiger partial charge is 0.260 e. The molecule has 1 aromatic rings. The predicted molar refractivity (Wildman–Crippen MR) is 70.4 cm³/mol. The third-order valence-corrected chi connectivity index (χ3v) is 3.19. The molecule has 0 bridgehead atoms. The van der Waals surface area contributed by atoms with E-state index in [9.17, 15) is 9.90 Å². The number of aliphatic hydroxyl groups excluding tert-OH is 1. The highest BCUT2D eigenvalue weighted by Gasteiger charge is 2.24. The number of likely N-dealkylation sites (tertiary alicyclic amines) is 1. The molecule has 1 amide bonds. The SMILES string of the molecule is COc1cc(C)ccc1OCC(=O)N1CC[C@H](O)C1. The molecular formula is C14H19NO4. The van der Waals surface area contributed by atoms with Gasteiger partial charge in [-0.15, -0.1) is 0 Å². The highest BCUT2D eigenvalue weighted by atomic mass is 16.5. The minimum absolute atomic E-state index is 0.0356. The summed E-state index contributed by atoms with van der Waals surface area (Å²) in [6.07, 6.45) is 0.234. The van der Waals surface area contributed by atoms with E-state index in [1.807, 2.05) is 19.1 Å². The molecule has 1 atom stereocenters. The van der Waals surface area contributed by atoms with Crippen molar-refractivity contribution in [2.24, 2.45) is 0 Å². The van der Waals surface area contributed by atoms with Gasteiger partial charge >= 0.3 is 0 Å². The zero-order valence-corrected chi connectivity index (χ0v) is 11.3. The molecule has 2 rings (SSSR count). The zero-order chi connectivity index (χ0) is 13.8. The van der Waals surface area contributed by atoms with Crippen LogP contribution < -0.4 is 9.47 Å². The maximum Gasteiger partial charge on any atom is 0.260 e. The van der Waals surface area contributed by atoms with E-state index in [1.54, 1.807) is 18.1 Å². The number of benzene rings is 1. The van der Waals surface area contributed by atoms with Crippen LogP contribution in [0.4, 0.5) is 0 Å². The molecule has 1 N–H and O–H groups in total. The van der Waals surface area contributed by atoms with Crippen LogP contribution in [0.3, 0.4) is 0 Å². The molecule has 104 valence electrons. The average Bonchev–Trinajstić information content (AvgIpc) is 2.83. The van der Waals surface area contributed by atoms with Gasteiger partial charge in [0.2, 0.25) is 0 Å². The van der Waals surface area contributed by atoms with Gasteiger partial charge in [-0.1, -0.05) is 6.07 Å². The van der Waals surface area contributed by atoms with Gasteiger partial charge in [-0.25, -0.2) is 0 Å². The molecule has 1 aliphatic rings. The maximum atomic E-state index is 11.9. The first kappa shape index (κ1) is 13.7. The van der Waals surface area contributed by atoms with Gasteiger partial charge in [0.15, 0.2) is 18.1 Å². The molecular weight excluding hydrogens is 246 g/mol. The highest BCUT2D eigenvalue weighted by molar-refractivity contribution is 5.78. The van der Waals surface area contributed by atoms with E-state index >= 15 is 0 Å². The van der Waals surface area contributed by atoms with Gasteiger partial charge in [-0.05, 0) is 31.0 Å². The van der Waals surface area contributed by atoms with Crippen molar-refractivity contribution in [2.75, 3.05) is 26.8 Å². The number of β-amino-alcohol motifs (C(OH)–C–C–N with tert-alkyl or cyclic N) is 1. The third kappa shape index (κ3) is 3.38. The van der Waals surface area contributed by atoms with Gasteiger partial charge in [-0.3, -0.25) is 4.79 Å². The molecule has 0 aromatic heterocycles. The molecule has 19 heavy (non-hydrogen) atoms. The summed E-state index contributed by atoms with van der Waals surface area (Å²) in [4.78, 5) is 13.5. The number of hydrogen-bond acceptors (Lipinski definition) is 4. The Kier molecular flexibility index (Phi) is 4.27. The molecule has 1 saturated heterocycles. The molecule has 0 aliphatic carbocycles. The maximum absolute atomic E-state index is 11.9. The molecule has 0 unspecified atom stereocenters. The Morgan fingerprint density at radius 2 is 2.26 bits per heavy atom. The summed E-state index contributed by atoms with van der Waals surface area (Å²) in [6, 6.07) is 5.56. The number of nitrogens with zero attached hydrogens (tertiary/aromatic N) is 1. The van der Waals surface area contributed by atoms with Crippen molar-refractivity contribution in [1.82, 2.24) is 4.90 Å². The number of hydrogen-bond donors (Lipinski definition) is 1. The molecule has 0 saturated carbocycles. The number of carbonyl (C=O) groups excluding carboxylic acids is 1. The van der Waals surface area contributed by atoms with Crippen molar-refractivity contribution in [3.05, 3.63) is 23.8 Å². The van der Waals surface area contributed by atoms with Crippen LogP contribution in [0.25, 0.3) is 0 Å². The Morgan fingerprint density at radius 1 is 1.47 bits per heavy atom. The van der Waals surface area contributed by atoms with E-state index in [2.05, 4.69) is 0 Å². The summed E-state index contributed by atoms with van der Waals surface area (Å²) in [5.41, 5.74) is 1.07. The fourth-order valence-corrected chi connectivity index (χ4v) is 2.09. The first-order valence-electron chi connectivity index (χ1n) is 6.33. The summed E-state index contributed by atoms with van der Waals surface area (Å²) in [6.45, 7) is 2.91. The van der Waals surface area contributed by atoms with E-state index in [0.29, 0.717) is 31.0 Å². The van der Waals surface area contributed by atoms with E-state index in [0.717, 1.165) is 5.56 Å². The molecule has 1 heterocycles. The summed E-state index contributed by atoms with van der Waals surface area (Å²) < 4.78 is 10.7. The second-order valence-electron chi connectivity index (χ2n) is 4.73. The van der Waals surface area contributed by atoms with Gasteiger partial charge in [0.05, 0.1) is 13.2 Å². The number of ether oxygens (including phenoxy) is 2. The van der Waals surface area contributed by atoms with Gasteiger partial charge in [0.25, 0.3) is 5.91 Å².